The van der Waals surface area contributed by atoms with Crippen LogP contribution in [0, 0.1) is 5.92 Å². The van der Waals surface area contributed by atoms with Crippen LogP contribution in [0.15, 0.2) is 35.2 Å². The molecule has 19 heavy (non-hydrogen) atoms. The molecule has 2 nitrogen and oxygen atoms in total. The van der Waals surface area contributed by atoms with Crippen LogP contribution in [0.3, 0.4) is 0 Å². The minimum absolute atomic E-state index is 0.479. The Bertz CT molecular complexity index is 460. The molecule has 1 atom stereocenters. The lowest BCUT2D eigenvalue weighted by atomic mass is 9.82. The summed E-state index contributed by atoms with van der Waals surface area (Å²) in [5.41, 5.74) is 3.18. The van der Waals surface area contributed by atoms with Crippen molar-refractivity contribution in [2.24, 2.45) is 5.92 Å². The third kappa shape index (κ3) is 2.56. The summed E-state index contributed by atoms with van der Waals surface area (Å²) in [6.45, 7) is 2.45. The van der Waals surface area contributed by atoms with Crippen molar-refractivity contribution in [3.8, 4) is 0 Å². The first-order valence-electron chi connectivity index (χ1n) is 6.69. The second kappa shape index (κ2) is 4.71. The molecule has 1 fully saturated rings. The van der Waals surface area contributed by atoms with Gasteiger partial charge in [0.2, 0.25) is 0 Å². The molecule has 0 spiro atoms. The molecule has 0 aromatic rings. The Morgan fingerprint density at radius 3 is 3.00 bits per heavy atom. The van der Waals surface area contributed by atoms with Gasteiger partial charge in [0.15, 0.2) is 0 Å². The van der Waals surface area contributed by atoms with Crippen molar-refractivity contribution < 1.29 is 13.2 Å². The molecule has 5 heteroatoms. The summed E-state index contributed by atoms with van der Waals surface area (Å²) >= 11 is 0. The van der Waals surface area contributed by atoms with Crippen LogP contribution in [-0.2, 0) is 0 Å². The Kier molecular flexibility index (Phi) is 3.17. The predicted octanol–water partition coefficient (Wildman–Crippen LogP) is 2.96. The van der Waals surface area contributed by atoms with E-state index in [9.17, 15) is 13.2 Å². The van der Waals surface area contributed by atoms with E-state index < -0.39 is 18.5 Å². The molecule has 2 heterocycles. The third-order valence-corrected chi connectivity index (χ3v) is 3.94. The van der Waals surface area contributed by atoms with Gasteiger partial charge in [-0.3, -0.25) is 0 Å². The van der Waals surface area contributed by atoms with Gasteiger partial charge in [0.25, 0.3) is 0 Å². The van der Waals surface area contributed by atoms with E-state index in [1.807, 2.05) is 6.20 Å². The van der Waals surface area contributed by atoms with Crippen LogP contribution in [0.2, 0.25) is 0 Å². The fourth-order valence-electron chi connectivity index (χ4n) is 3.16. The minimum Gasteiger partial charge on any atom is -0.347 e. The summed E-state index contributed by atoms with van der Waals surface area (Å²) in [5.74, 6) is -0.479. The van der Waals surface area contributed by atoms with Crippen LogP contribution < -0.4 is 5.32 Å². The fraction of sp³-hybridized carbons (Fsp3) is 0.571. The lowest BCUT2D eigenvalue weighted by Gasteiger charge is -2.35. The van der Waals surface area contributed by atoms with Gasteiger partial charge in [-0.2, -0.15) is 13.2 Å². The Labute approximate surface area is 110 Å². The molecule has 0 unspecified atom stereocenters. The van der Waals surface area contributed by atoms with Crippen molar-refractivity contribution in [2.45, 2.75) is 25.4 Å². The van der Waals surface area contributed by atoms with E-state index >= 15 is 0 Å². The van der Waals surface area contributed by atoms with Crippen molar-refractivity contribution in [1.29, 1.82) is 0 Å². The zero-order valence-electron chi connectivity index (χ0n) is 10.6. The van der Waals surface area contributed by atoms with Gasteiger partial charge in [0.05, 0.1) is 6.42 Å². The molecule has 1 N–H and O–H groups in total. The molecular weight excluding hydrogens is 253 g/mol. The maximum absolute atomic E-state index is 12.7. The van der Waals surface area contributed by atoms with E-state index in [2.05, 4.69) is 16.3 Å². The van der Waals surface area contributed by atoms with Crippen LogP contribution in [0.4, 0.5) is 13.2 Å². The molecule has 1 aliphatic carbocycles. The van der Waals surface area contributed by atoms with Crippen molar-refractivity contribution in [3.05, 3.63) is 35.2 Å². The average Bonchev–Trinajstić information content (AvgIpc) is 2.55. The van der Waals surface area contributed by atoms with E-state index in [-0.39, 0.29) is 0 Å². The number of allylic oxidation sites excluding steroid dienone is 3. The molecular formula is C14H17F3N2. The first-order chi connectivity index (χ1) is 9.04. The molecule has 1 saturated heterocycles. The Balaban J connectivity index is 1.95. The van der Waals surface area contributed by atoms with Crippen molar-refractivity contribution >= 4 is 0 Å². The normalized spacial score (nSPS) is 27.0. The highest BCUT2D eigenvalue weighted by Crippen LogP contribution is 2.41. The summed E-state index contributed by atoms with van der Waals surface area (Å²) in [6.07, 6.45) is 2.48. The van der Waals surface area contributed by atoms with E-state index in [0.717, 1.165) is 49.3 Å². The molecule has 0 amide bonds. The number of hydrogen-bond donors (Lipinski definition) is 1. The largest absolute Gasteiger partial charge is 0.389 e. The highest BCUT2D eigenvalue weighted by Gasteiger charge is 2.36. The highest BCUT2D eigenvalue weighted by atomic mass is 19.4. The zero-order chi connectivity index (χ0) is 13.5. The minimum atomic E-state index is -4.10. The van der Waals surface area contributed by atoms with Gasteiger partial charge in [0, 0.05) is 37.4 Å². The number of hydrogen-bond acceptors (Lipinski definition) is 2. The molecule has 3 aliphatic rings. The molecule has 0 bridgehead atoms. The maximum atomic E-state index is 12.7. The summed E-state index contributed by atoms with van der Waals surface area (Å²) in [6, 6.07) is 0. The lowest BCUT2D eigenvalue weighted by Crippen LogP contribution is -2.29. The second-order valence-electron chi connectivity index (χ2n) is 5.28. The summed E-state index contributed by atoms with van der Waals surface area (Å²) < 4.78 is 38.0. The van der Waals surface area contributed by atoms with Gasteiger partial charge in [0.1, 0.15) is 0 Å². The Hall–Kier alpha value is -1.23. The number of alkyl halides is 3. The summed E-state index contributed by atoms with van der Waals surface area (Å²) in [4.78, 5) is 2.10. The highest BCUT2D eigenvalue weighted by molar-refractivity contribution is 5.44. The van der Waals surface area contributed by atoms with Crippen molar-refractivity contribution in [2.75, 3.05) is 19.6 Å². The van der Waals surface area contributed by atoms with Crippen LogP contribution in [-0.4, -0.2) is 30.7 Å². The van der Waals surface area contributed by atoms with Gasteiger partial charge in [-0.05, 0) is 24.0 Å². The zero-order valence-corrected chi connectivity index (χ0v) is 10.6. The first kappa shape index (κ1) is 12.8. The standard InChI is InChI=1S/C14H17F3N2/c15-14(16,17)8-10-4-6-19-7-5-18-9-11-2-1-3-12(10)13(11)19/h2,4,6,10,18H,1,3,5,7-9H2/t10-/m1/s1. The van der Waals surface area contributed by atoms with Gasteiger partial charge in [-0.1, -0.05) is 12.2 Å². The number of halogens is 3. The molecule has 0 aromatic heterocycles. The number of nitrogens with zero attached hydrogens (tertiary/aromatic N) is 1. The molecule has 3 rings (SSSR count). The average molecular weight is 270 g/mol. The van der Waals surface area contributed by atoms with Crippen LogP contribution in [0.25, 0.3) is 0 Å². The third-order valence-electron chi connectivity index (χ3n) is 3.94. The van der Waals surface area contributed by atoms with Crippen LogP contribution >= 0.6 is 0 Å². The Morgan fingerprint density at radius 2 is 2.21 bits per heavy atom. The SMILES string of the molecule is FC(F)(F)C[C@H]1C=CN2CCNCC3=CCCC1=C32. The van der Waals surface area contributed by atoms with Crippen molar-refractivity contribution in [1.82, 2.24) is 10.2 Å². The first-order valence-corrected chi connectivity index (χ1v) is 6.69. The molecule has 0 aromatic carbocycles. The number of nitrogens with one attached hydrogen (secondary N) is 1. The van der Waals surface area contributed by atoms with Gasteiger partial charge >= 0.3 is 6.18 Å². The molecule has 104 valence electrons. The Morgan fingerprint density at radius 1 is 1.37 bits per heavy atom. The van der Waals surface area contributed by atoms with E-state index in [1.54, 1.807) is 6.08 Å². The maximum Gasteiger partial charge on any atom is 0.389 e. The van der Waals surface area contributed by atoms with Crippen LogP contribution in [0.5, 0.6) is 0 Å². The van der Waals surface area contributed by atoms with Crippen LogP contribution in [0.1, 0.15) is 19.3 Å². The number of rotatable bonds is 1. The van der Waals surface area contributed by atoms with E-state index in [0.29, 0.717) is 0 Å². The van der Waals surface area contributed by atoms with Gasteiger partial charge in [-0.15, -0.1) is 0 Å². The van der Waals surface area contributed by atoms with E-state index in [4.69, 9.17) is 0 Å². The monoisotopic (exact) mass is 270 g/mol. The predicted molar refractivity (Wildman–Crippen MR) is 67.2 cm³/mol. The topological polar surface area (TPSA) is 15.3 Å². The lowest BCUT2D eigenvalue weighted by molar-refractivity contribution is -0.139. The molecule has 2 aliphatic heterocycles. The quantitative estimate of drug-likeness (QED) is 0.788. The van der Waals surface area contributed by atoms with Gasteiger partial charge < -0.3 is 10.2 Å². The van der Waals surface area contributed by atoms with Gasteiger partial charge in [-0.25, -0.2) is 0 Å². The molecule has 0 saturated carbocycles. The van der Waals surface area contributed by atoms with Crippen molar-refractivity contribution in [3.63, 3.8) is 0 Å². The second-order valence-corrected chi connectivity index (χ2v) is 5.28. The fourth-order valence-corrected chi connectivity index (χ4v) is 3.16. The molecule has 0 radical (unpaired) electrons. The van der Waals surface area contributed by atoms with E-state index in [1.165, 1.54) is 0 Å². The summed E-state index contributed by atoms with van der Waals surface area (Å²) in [7, 11) is 0. The smallest absolute Gasteiger partial charge is 0.347 e. The summed E-state index contributed by atoms with van der Waals surface area (Å²) in [5, 5.41) is 3.32.